The van der Waals surface area contributed by atoms with Crippen LogP contribution in [-0.4, -0.2) is 44.5 Å². The molecule has 6 nitrogen and oxygen atoms in total. The summed E-state index contributed by atoms with van der Waals surface area (Å²) in [5.74, 6) is 0.688. The van der Waals surface area contributed by atoms with E-state index < -0.39 is 10.0 Å². The molecule has 2 aromatic rings. The van der Waals surface area contributed by atoms with E-state index in [4.69, 9.17) is 4.74 Å². The predicted octanol–water partition coefficient (Wildman–Crippen LogP) is 1.43. The first-order valence-electron chi connectivity index (χ1n) is 7.40. The van der Waals surface area contributed by atoms with E-state index in [1.165, 1.54) is 10.5 Å². The maximum absolute atomic E-state index is 13.0. The van der Waals surface area contributed by atoms with Crippen LogP contribution < -0.4 is 10.1 Å². The SMILES string of the molecule is COc1ccccc1[C@@H]1CNCCN1S(=O)(=O)c1cccnc1. The van der Waals surface area contributed by atoms with Gasteiger partial charge in [0.25, 0.3) is 0 Å². The van der Waals surface area contributed by atoms with Gasteiger partial charge < -0.3 is 10.1 Å². The molecule has 1 saturated heterocycles. The lowest BCUT2D eigenvalue weighted by Crippen LogP contribution is -2.48. The van der Waals surface area contributed by atoms with Crippen LogP contribution in [0.3, 0.4) is 0 Å². The van der Waals surface area contributed by atoms with E-state index in [0.717, 1.165) is 5.56 Å². The number of piperazine rings is 1. The third-order valence-electron chi connectivity index (χ3n) is 3.93. The van der Waals surface area contributed by atoms with Crippen molar-refractivity contribution in [3.63, 3.8) is 0 Å². The topological polar surface area (TPSA) is 71.5 Å². The highest BCUT2D eigenvalue weighted by Gasteiger charge is 2.35. The van der Waals surface area contributed by atoms with E-state index in [-0.39, 0.29) is 10.9 Å². The van der Waals surface area contributed by atoms with Crippen molar-refractivity contribution in [2.24, 2.45) is 0 Å². The Hall–Kier alpha value is -1.96. The maximum atomic E-state index is 13.0. The van der Waals surface area contributed by atoms with E-state index in [1.54, 1.807) is 25.4 Å². The Labute approximate surface area is 136 Å². The quantitative estimate of drug-likeness (QED) is 0.916. The number of nitrogens with one attached hydrogen (secondary N) is 1. The molecule has 3 rings (SSSR count). The minimum atomic E-state index is -3.61. The highest BCUT2D eigenvalue weighted by Crippen LogP contribution is 2.33. The molecular weight excluding hydrogens is 314 g/mol. The molecule has 0 amide bonds. The molecule has 0 aliphatic carbocycles. The van der Waals surface area contributed by atoms with Gasteiger partial charge in [-0.05, 0) is 18.2 Å². The molecule has 0 bridgehead atoms. The Kier molecular flexibility index (Phi) is 4.61. The van der Waals surface area contributed by atoms with Crippen LogP contribution in [-0.2, 0) is 10.0 Å². The van der Waals surface area contributed by atoms with Gasteiger partial charge >= 0.3 is 0 Å². The second-order valence-corrected chi connectivity index (χ2v) is 7.16. The summed E-state index contributed by atoms with van der Waals surface area (Å²) in [5, 5.41) is 3.26. The maximum Gasteiger partial charge on any atom is 0.245 e. The summed E-state index contributed by atoms with van der Waals surface area (Å²) in [6, 6.07) is 10.4. The van der Waals surface area contributed by atoms with Gasteiger partial charge in [-0.3, -0.25) is 4.98 Å². The van der Waals surface area contributed by atoms with Crippen LogP contribution in [0.25, 0.3) is 0 Å². The fraction of sp³-hybridized carbons (Fsp3) is 0.312. The summed E-state index contributed by atoms with van der Waals surface area (Å²) in [7, 11) is -2.02. The Morgan fingerprint density at radius 2 is 2.09 bits per heavy atom. The van der Waals surface area contributed by atoms with E-state index in [2.05, 4.69) is 10.3 Å². The van der Waals surface area contributed by atoms with Gasteiger partial charge in [-0.15, -0.1) is 0 Å². The van der Waals surface area contributed by atoms with Gasteiger partial charge in [-0.1, -0.05) is 18.2 Å². The van der Waals surface area contributed by atoms with Crippen molar-refractivity contribution in [1.29, 1.82) is 0 Å². The molecular formula is C16H19N3O3S. The fourth-order valence-corrected chi connectivity index (χ4v) is 4.39. The summed E-state index contributed by atoms with van der Waals surface area (Å²) in [4.78, 5) is 4.14. The number of methoxy groups -OCH3 is 1. The highest BCUT2D eigenvalue weighted by atomic mass is 32.2. The molecule has 0 spiro atoms. The molecule has 23 heavy (non-hydrogen) atoms. The lowest BCUT2D eigenvalue weighted by atomic mass is 10.0. The molecule has 7 heteroatoms. The standard InChI is InChI=1S/C16H19N3O3S/c1-22-16-7-3-2-6-14(16)15-12-18-9-10-19(15)23(20,21)13-5-4-8-17-11-13/h2-8,11,15,18H,9-10,12H2,1H3/t15-/m0/s1. The van der Waals surface area contributed by atoms with Crippen molar-refractivity contribution >= 4 is 10.0 Å². The number of hydrogen-bond acceptors (Lipinski definition) is 5. The van der Waals surface area contributed by atoms with Crippen LogP contribution in [0.15, 0.2) is 53.7 Å². The second-order valence-electron chi connectivity index (χ2n) is 5.27. The molecule has 1 atom stereocenters. The number of para-hydroxylation sites is 1. The van der Waals surface area contributed by atoms with Gasteiger partial charge in [0.15, 0.2) is 0 Å². The molecule has 1 aliphatic heterocycles. The van der Waals surface area contributed by atoms with Gasteiger partial charge in [0.1, 0.15) is 10.6 Å². The van der Waals surface area contributed by atoms with Crippen molar-refractivity contribution in [2.45, 2.75) is 10.9 Å². The van der Waals surface area contributed by atoms with Crippen LogP contribution >= 0.6 is 0 Å². The summed E-state index contributed by atoms with van der Waals surface area (Å²) in [6.07, 6.45) is 2.95. The Bertz CT molecular complexity index is 765. The minimum absolute atomic E-state index is 0.210. The highest BCUT2D eigenvalue weighted by molar-refractivity contribution is 7.89. The van der Waals surface area contributed by atoms with Gasteiger partial charge in [-0.25, -0.2) is 8.42 Å². The van der Waals surface area contributed by atoms with E-state index >= 15 is 0 Å². The van der Waals surface area contributed by atoms with E-state index in [0.29, 0.717) is 25.4 Å². The molecule has 1 aromatic carbocycles. The molecule has 1 aliphatic rings. The van der Waals surface area contributed by atoms with Crippen molar-refractivity contribution in [1.82, 2.24) is 14.6 Å². The number of nitrogens with zero attached hydrogens (tertiary/aromatic N) is 2. The summed E-state index contributed by atoms with van der Waals surface area (Å²) < 4.78 is 32.9. The molecule has 1 fully saturated rings. The number of aromatic nitrogens is 1. The summed E-state index contributed by atoms with van der Waals surface area (Å²) in [6.45, 7) is 1.56. The molecule has 1 aromatic heterocycles. The van der Waals surface area contributed by atoms with Crippen LogP contribution in [0.4, 0.5) is 0 Å². The molecule has 0 radical (unpaired) electrons. The van der Waals surface area contributed by atoms with Crippen molar-refractivity contribution < 1.29 is 13.2 Å². The zero-order chi connectivity index (χ0) is 16.3. The average molecular weight is 333 g/mol. The van der Waals surface area contributed by atoms with E-state index in [1.807, 2.05) is 24.3 Å². The first kappa shape index (κ1) is 15.9. The third kappa shape index (κ3) is 3.08. The minimum Gasteiger partial charge on any atom is -0.496 e. The number of pyridine rings is 1. The normalized spacial score (nSPS) is 19.4. The third-order valence-corrected chi connectivity index (χ3v) is 5.82. The van der Waals surface area contributed by atoms with Gasteiger partial charge in [0, 0.05) is 37.6 Å². The number of rotatable bonds is 4. The molecule has 0 unspecified atom stereocenters. The van der Waals surface area contributed by atoms with Gasteiger partial charge in [-0.2, -0.15) is 4.31 Å². The molecule has 122 valence electrons. The fourth-order valence-electron chi connectivity index (χ4n) is 2.82. The Morgan fingerprint density at radius 1 is 1.26 bits per heavy atom. The van der Waals surface area contributed by atoms with Crippen molar-refractivity contribution in [3.8, 4) is 5.75 Å². The summed E-state index contributed by atoms with van der Waals surface area (Å²) in [5.41, 5.74) is 0.856. The zero-order valence-corrected chi connectivity index (χ0v) is 13.7. The monoisotopic (exact) mass is 333 g/mol. The van der Waals surface area contributed by atoms with Gasteiger partial charge in [0.2, 0.25) is 10.0 Å². The molecule has 0 saturated carbocycles. The Balaban J connectivity index is 2.03. The van der Waals surface area contributed by atoms with Crippen molar-refractivity contribution in [3.05, 3.63) is 54.4 Å². The van der Waals surface area contributed by atoms with Crippen LogP contribution in [0.5, 0.6) is 5.75 Å². The van der Waals surface area contributed by atoms with Crippen LogP contribution in [0, 0.1) is 0 Å². The Morgan fingerprint density at radius 3 is 2.83 bits per heavy atom. The van der Waals surface area contributed by atoms with Crippen LogP contribution in [0.2, 0.25) is 0 Å². The van der Waals surface area contributed by atoms with Crippen molar-refractivity contribution in [2.75, 3.05) is 26.7 Å². The number of ether oxygens (including phenoxy) is 1. The largest absolute Gasteiger partial charge is 0.496 e. The average Bonchev–Trinajstić information content (AvgIpc) is 2.62. The number of sulfonamides is 1. The van der Waals surface area contributed by atoms with Gasteiger partial charge in [0.05, 0.1) is 13.2 Å². The lowest BCUT2D eigenvalue weighted by molar-refractivity contribution is 0.264. The van der Waals surface area contributed by atoms with E-state index in [9.17, 15) is 8.42 Å². The molecule has 1 N–H and O–H groups in total. The first-order valence-corrected chi connectivity index (χ1v) is 8.84. The lowest BCUT2D eigenvalue weighted by Gasteiger charge is -2.35. The van der Waals surface area contributed by atoms with Crippen LogP contribution in [0.1, 0.15) is 11.6 Å². The number of benzene rings is 1. The first-order chi connectivity index (χ1) is 11.1. The molecule has 2 heterocycles. The second kappa shape index (κ2) is 6.66. The predicted molar refractivity (Wildman–Crippen MR) is 86.7 cm³/mol. The smallest absolute Gasteiger partial charge is 0.245 e. The number of hydrogen-bond donors (Lipinski definition) is 1. The summed E-state index contributed by atoms with van der Waals surface area (Å²) >= 11 is 0. The zero-order valence-electron chi connectivity index (χ0n) is 12.8.